The van der Waals surface area contributed by atoms with E-state index in [1.54, 1.807) is 0 Å². The Bertz CT molecular complexity index is 554. The normalized spacial score (nSPS) is 10.7. The second-order valence-electron chi connectivity index (χ2n) is 3.72. The molecular weight excluding hydrogens is 300 g/mol. The maximum atomic E-state index is 13.5. The Hall–Kier alpha value is -0.830. The highest BCUT2D eigenvalue weighted by molar-refractivity contribution is 6.39. The molecule has 0 fully saturated rings. The Morgan fingerprint density at radius 2 is 1.33 bits per heavy atom. The van der Waals surface area contributed by atoms with Crippen molar-refractivity contribution in [3.8, 4) is 0 Å². The molecule has 0 heterocycles. The molecule has 0 aromatic heterocycles. The van der Waals surface area contributed by atoms with Crippen LogP contribution in [0.2, 0.25) is 15.1 Å². The summed E-state index contributed by atoms with van der Waals surface area (Å²) in [5.74, 6) is -1.26. The summed E-state index contributed by atoms with van der Waals surface area (Å²) in [6.07, 6.45) is -0.0205. The van der Waals surface area contributed by atoms with Crippen molar-refractivity contribution in [2.24, 2.45) is 0 Å². The van der Waals surface area contributed by atoms with E-state index in [9.17, 15) is 8.78 Å². The molecule has 0 saturated heterocycles. The van der Waals surface area contributed by atoms with E-state index in [1.165, 1.54) is 30.3 Å². The van der Waals surface area contributed by atoms with Gasteiger partial charge in [0.25, 0.3) is 0 Å². The quantitative estimate of drug-likeness (QED) is 0.685. The van der Waals surface area contributed by atoms with Crippen LogP contribution in [-0.4, -0.2) is 0 Å². The van der Waals surface area contributed by atoms with Gasteiger partial charge in [-0.1, -0.05) is 40.9 Å². The summed E-state index contributed by atoms with van der Waals surface area (Å²) >= 11 is 17.7. The molecule has 2 aromatic carbocycles. The molecule has 18 heavy (non-hydrogen) atoms. The highest BCUT2D eigenvalue weighted by Gasteiger charge is 2.14. The van der Waals surface area contributed by atoms with Crippen LogP contribution in [0.1, 0.15) is 11.1 Å². The van der Waals surface area contributed by atoms with Crippen LogP contribution in [-0.2, 0) is 6.42 Å². The smallest absolute Gasteiger partial charge is 0.129 e. The average Bonchev–Trinajstić information content (AvgIpc) is 2.26. The predicted molar refractivity (Wildman–Crippen MR) is 70.6 cm³/mol. The van der Waals surface area contributed by atoms with Gasteiger partial charge in [-0.25, -0.2) is 8.78 Å². The zero-order valence-corrected chi connectivity index (χ0v) is 11.3. The molecule has 0 unspecified atom stereocenters. The fourth-order valence-electron chi connectivity index (χ4n) is 1.62. The van der Waals surface area contributed by atoms with E-state index in [0.717, 1.165) is 0 Å². The monoisotopic (exact) mass is 306 g/mol. The van der Waals surface area contributed by atoms with Gasteiger partial charge < -0.3 is 0 Å². The molecule has 0 bridgehead atoms. The van der Waals surface area contributed by atoms with Gasteiger partial charge in [0, 0.05) is 27.1 Å². The lowest BCUT2D eigenvalue weighted by Gasteiger charge is -2.09. The van der Waals surface area contributed by atoms with Crippen LogP contribution in [0.15, 0.2) is 30.3 Å². The van der Waals surface area contributed by atoms with Crippen molar-refractivity contribution in [3.63, 3.8) is 0 Å². The summed E-state index contributed by atoms with van der Waals surface area (Å²) in [6.45, 7) is 0. The van der Waals surface area contributed by atoms with Crippen LogP contribution >= 0.6 is 34.8 Å². The van der Waals surface area contributed by atoms with Gasteiger partial charge in [0.1, 0.15) is 11.6 Å². The molecule has 0 saturated carbocycles. The van der Waals surface area contributed by atoms with E-state index >= 15 is 0 Å². The van der Waals surface area contributed by atoms with Crippen LogP contribution < -0.4 is 0 Å². The molecular formula is C13H7Cl3F2. The standard InChI is InChI=1S/C13H7Cl3F2/c14-7-4-10(15)8(11(16)5-7)6-9-12(17)2-1-3-13(9)18/h1-5H,6H2. The molecule has 94 valence electrons. The molecule has 0 aliphatic carbocycles. The maximum absolute atomic E-state index is 13.5. The van der Waals surface area contributed by atoms with Crippen LogP contribution in [0.25, 0.3) is 0 Å². The van der Waals surface area contributed by atoms with Gasteiger partial charge in [0.05, 0.1) is 0 Å². The third-order valence-corrected chi connectivity index (χ3v) is 3.41. The molecule has 0 radical (unpaired) electrons. The van der Waals surface area contributed by atoms with Crippen molar-refractivity contribution in [1.29, 1.82) is 0 Å². The fourth-order valence-corrected chi connectivity index (χ4v) is 2.57. The van der Waals surface area contributed by atoms with Gasteiger partial charge in [-0.05, 0) is 29.8 Å². The second-order valence-corrected chi connectivity index (χ2v) is 4.98. The minimum Gasteiger partial charge on any atom is -0.207 e. The SMILES string of the molecule is Fc1cccc(F)c1Cc1c(Cl)cc(Cl)cc1Cl. The first kappa shape index (κ1) is 13.6. The number of hydrogen-bond donors (Lipinski definition) is 0. The molecule has 0 atom stereocenters. The highest BCUT2D eigenvalue weighted by Crippen LogP contribution is 2.31. The average molecular weight is 308 g/mol. The molecule has 0 aliphatic heterocycles. The van der Waals surface area contributed by atoms with Crippen molar-refractivity contribution in [2.75, 3.05) is 0 Å². The fraction of sp³-hybridized carbons (Fsp3) is 0.0769. The Morgan fingerprint density at radius 3 is 1.83 bits per heavy atom. The summed E-state index contributed by atoms with van der Waals surface area (Å²) in [6, 6.07) is 6.66. The van der Waals surface area contributed by atoms with Crippen LogP contribution in [0.3, 0.4) is 0 Å². The van der Waals surface area contributed by atoms with E-state index in [-0.39, 0.29) is 22.0 Å². The van der Waals surface area contributed by atoms with E-state index in [2.05, 4.69) is 0 Å². The van der Waals surface area contributed by atoms with Crippen molar-refractivity contribution in [2.45, 2.75) is 6.42 Å². The topological polar surface area (TPSA) is 0 Å². The van der Waals surface area contributed by atoms with Crippen LogP contribution in [0.5, 0.6) is 0 Å². The summed E-state index contributed by atoms with van der Waals surface area (Å²) in [5.41, 5.74) is 0.385. The summed E-state index contributed by atoms with van der Waals surface area (Å²) in [7, 11) is 0. The second kappa shape index (κ2) is 5.43. The summed E-state index contributed by atoms with van der Waals surface area (Å²) in [5, 5.41) is 0.952. The molecule has 0 N–H and O–H groups in total. The first-order valence-electron chi connectivity index (χ1n) is 5.05. The zero-order valence-electron chi connectivity index (χ0n) is 8.98. The first-order chi connectivity index (χ1) is 8.49. The third kappa shape index (κ3) is 2.77. The number of benzene rings is 2. The lowest BCUT2D eigenvalue weighted by Crippen LogP contribution is -1.98. The summed E-state index contributed by atoms with van der Waals surface area (Å²) < 4.78 is 27.1. The first-order valence-corrected chi connectivity index (χ1v) is 6.18. The largest absolute Gasteiger partial charge is 0.207 e. The Kier molecular flexibility index (Phi) is 4.10. The third-order valence-electron chi connectivity index (χ3n) is 2.52. The molecule has 0 nitrogen and oxygen atoms in total. The van der Waals surface area contributed by atoms with E-state index < -0.39 is 11.6 Å². The number of hydrogen-bond acceptors (Lipinski definition) is 0. The molecule has 2 rings (SSSR count). The van der Waals surface area contributed by atoms with Gasteiger partial charge in [0.15, 0.2) is 0 Å². The Morgan fingerprint density at radius 1 is 0.833 bits per heavy atom. The highest BCUT2D eigenvalue weighted by atomic mass is 35.5. The minimum atomic E-state index is -0.628. The maximum Gasteiger partial charge on any atom is 0.129 e. The zero-order chi connectivity index (χ0) is 13.3. The molecule has 2 aromatic rings. The van der Waals surface area contributed by atoms with E-state index in [4.69, 9.17) is 34.8 Å². The number of rotatable bonds is 2. The number of halogens is 5. The molecule has 0 amide bonds. The van der Waals surface area contributed by atoms with Crippen molar-refractivity contribution >= 4 is 34.8 Å². The Labute approximate surface area is 118 Å². The van der Waals surface area contributed by atoms with Crippen molar-refractivity contribution < 1.29 is 8.78 Å². The van der Waals surface area contributed by atoms with Gasteiger partial charge in [0.2, 0.25) is 0 Å². The van der Waals surface area contributed by atoms with Gasteiger partial charge in [-0.2, -0.15) is 0 Å². The molecule has 0 aliphatic rings. The Balaban J connectivity index is 2.47. The minimum absolute atomic E-state index is 0.0205. The van der Waals surface area contributed by atoms with Gasteiger partial charge in [-0.15, -0.1) is 0 Å². The molecule has 0 spiro atoms. The summed E-state index contributed by atoms with van der Waals surface area (Å²) in [4.78, 5) is 0. The van der Waals surface area contributed by atoms with Crippen molar-refractivity contribution in [1.82, 2.24) is 0 Å². The van der Waals surface area contributed by atoms with Gasteiger partial charge in [-0.3, -0.25) is 0 Å². The lowest BCUT2D eigenvalue weighted by molar-refractivity contribution is 0.561. The van der Waals surface area contributed by atoms with Gasteiger partial charge >= 0.3 is 0 Å². The predicted octanol–water partition coefficient (Wildman–Crippen LogP) is 5.52. The van der Waals surface area contributed by atoms with Crippen molar-refractivity contribution in [3.05, 3.63) is 68.2 Å². The lowest BCUT2D eigenvalue weighted by atomic mass is 10.0. The molecule has 5 heteroatoms. The van der Waals surface area contributed by atoms with E-state index in [0.29, 0.717) is 10.6 Å². The van der Waals surface area contributed by atoms with Crippen LogP contribution in [0, 0.1) is 11.6 Å². The van der Waals surface area contributed by atoms with E-state index in [1.807, 2.05) is 0 Å². The van der Waals surface area contributed by atoms with Crippen LogP contribution in [0.4, 0.5) is 8.78 Å².